The summed E-state index contributed by atoms with van der Waals surface area (Å²) in [5, 5.41) is 0. The zero-order chi connectivity index (χ0) is 14.7. The van der Waals surface area contributed by atoms with Crippen molar-refractivity contribution in [1.82, 2.24) is 4.98 Å². The molecule has 0 atom stereocenters. The number of nitrogens with two attached hydrogens (primary N) is 1. The molecule has 2 rings (SSSR count). The third kappa shape index (κ3) is 2.78. The molecule has 0 saturated heterocycles. The summed E-state index contributed by atoms with van der Waals surface area (Å²) >= 11 is 0. The Bertz CT molecular complexity index is 674. The molecule has 0 fully saturated rings. The van der Waals surface area contributed by atoms with Crippen molar-refractivity contribution in [3.05, 3.63) is 63.6 Å². The second-order valence-electron chi connectivity index (χ2n) is 4.63. The minimum absolute atomic E-state index is 0.126. The highest BCUT2D eigenvalue weighted by atomic mass is 16.2. The van der Waals surface area contributed by atoms with Crippen LogP contribution in [-0.4, -0.2) is 17.9 Å². The molecule has 0 bridgehead atoms. The van der Waals surface area contributed by atoms with Crippen LogP contribution >= 0.6 is 0 Å². The highest BCUT2D eigenvalue weighted by Gasteiger charge is 2.16. The Morgan fingerprint density at radius 2 is 1.95 bits per heavy atom. The number of nitrogens with zero attached hydrogens (tertiary/aromatic N) is 1. The average molecular weight is 271 g/mol. The maximum Gasteiger partial charge on any atom is 0.263 e. The van der Waals surface area contributed by atoms with E-state index in [1.807, 2.05) is 24.3 Å². The van der Waals surface area contributed by atoms with E-state index >= 15 is 0 Å². The Morgan fingerprint density at radius 3 is 2.50 bits per heavy atom. The summed E-state index contributed by atoms with van der Waals surface area (Å²) in [6.45, 7) is 2.22. The lowest BCUT2D eigenvalue weighted by Crippen LogP contribution is -2.30. The van der Waals surface area contributed by atoms with Crippen LogP contribution in [0.4, 0.5) is 5.69 Å². The van der Waals surface area contributed by atoms with Crippen LogP contribution < -0.4 is 16.1 Å². The van der Waals surface area contributed by atoms with Crippen molar-refractivity contribution in [3.63, 3.8) is 0 Å². The van der Waals surface area contributed by atoms with Gasteiger partial charge in [-0.2, -0.15) is 0 Å². The molecule has 0 aliphatic carbocycles. The van der Waals surface area contributed by atoms with Crippen LogP contribution in [0.25, 0.3) is 0 Å². The molecule has 2 aromatic rings. The third-order valence-electron chi connectivity index (χ3n) is 3.15. The van der Waals surface area contributed by atoms with Crippen molar-refractivity contribution in [2.45, 2.75) is 13.5 Å². The molecule has 1 aromatic heterocycles. The number of nitrogens with one attached hydrogen (secondary N) is 1. The van der Waals surface area contributed by atoms with Gasteiger partial charge in [-0.05, 0) is 24.6 Å². The van der Waals surface area contributed by atoms with Crippen molar-refractivity contribution in [2.75, 3.05) is 11.9 Å². The number of hydrogen-bond donors (Lipinski definition) is 2. The summed E-state index contributed by atoms with van der Waals surface area (Å²) in [4.78, 5) is 28.5. The molecule has 0 aliphatic rings. The number of benzene rings is 1. The van der Waals surface area contributed by atoms with Gasteiger partial charge >= 0.3 is 0 Å². The maximum absolute atomic E-state index is 12.3. The minimum Gasteiger partial charge on any atom is -0.364 e. The molecule has 0 aliphatic heterocycles. The first kappa shape index (κ1) is 14.0. The molecule has 1 heterocycles. The Morgan fingerprint density at radius 1 is 1.30 bits per heavy atom. The van der Waals surface area contributed by atoms with E-state index in [-0.39, 0.29) is 16.9 Å². The fourth-order valence-corrected chi connectivity index (χ4v) is 1.89. The van der Waals surface area contributed by atoms with Gasteiger partial charge in [0.2, 0.25) is 0 Å². The number of aryl methyl sites for hydroxylation is 1. The SMILES string of the molecule is Cc1cc(=O)c(C(=O)N(C)c2ccc(CN)cc2)c[nH]1. The Kier molecular flexibility index (Phi) is 4.00. The molecule has 1 amide bonds. The van der Waals surface area contributed by atoms with Gasteiger partial charge in [0.1, 0.15) is 5.56 Å². The van der Waals surface area contributed by atoms with Crippen molar-refractivity contribution < 1.29 is 4.79 Å². The van der Waals surface area contributed by atoms with Gasteiger partial charge in [0, 0.05) is 37.2 Å². The lowest BCUT2D eigenvalue weighted by atomic mass is 10.1. The van der Waals surface area contributed by atoms with Crippen molar-refractivity contribution in [1.29, 1.82) is 0 Å². The minimum atomic E-state index is -0.341. The van der Waals surface area contributed by atoms with Gasteiger partial charge in [0.15, 0.2) is 5.43 Å². The van der Waals surface area contributed by atoms with Crippen molar-refractivity contribution >= 4 is 11.6 Å². The quantitative estimate of drug-likeness (QED) is 0.886. The zero-order valence-electron chi connectivity index (χ0n) is 11.5. The first-order valence-electron chi connectivity index (χ1n) is 6.29. The molecule has 104 valence electrons. The number of carbonyl (C=O) groups is 1. The van der Waals surface area contributed by atoms with Crippen LogP contribution in [0.15, 0.2) is 41.3 Å². The van der Waals surface area contributed by atoms with E-state index in [4.69, 9.17) is 5.73 Å². The van der Waals surface area contributed by atoms with Gasteiger partial charge in [-0.3, -0.25) is 9.59 Å². The van der Waals surface area contributed by atoms with E-state index in [0.717, 1.165) is 11.3 Å². The van der Waals surface area contributed by atoms with Gasteiger partial charge in [0.25, 0.3) is 5.91 Å². The second-order valence-corrected chi connectivity index (χ2v) is 4.63. The summed E-state index contributed by atoms with van der Waals surface area (Å²) in [6, 6.07) is 8.75. The van der Waals surface area contributed by atoms with Crippen LogP contribution in [0.5, 0.6) is 0 Å². The van der Waals surface area contributed by atoms with Gasteiger partial charge in [-0.1, -0.05) is 12.1 Å². The zero-order valence-corrected chi connectivity index (χ0v) is 11.5. The third-order valence-corrected chi connectivity index (χ3v) is 3.15. The van der Waals surface area contributed by atoms with E-state index in [0.29, 0.717) is 12.2 Å². The molecular weight excluding hydrogens is 254 g/mol. The Hall–Kier alpha value is -2.40. The fraction of sp³-hybridized carbons (Fsp3) is 0.200. The number of H-pyrrole nitrogens is 1. The molecule has 5 heteroatoms. The summed E-state index contributed by atoms with van der Waals surface area (Å²) in [5.41, 5.74) is 7.81. The van der Waals surface area contributed by atoms with Crippen LogP contribution in [-0.2, 0) is 6.54 Å². The Labute approximate surface area is 117 Å². The van der Waals surface area contributed by atoms with Crippen LogP contribution in [0.1, 0.15) is 21.6 Å². The van der Waals surface area contributed by atoms with E-state index in [9.17, 15) is 9.59 Å². The summed E-state index contributed by atoms with van der Waals surface area (Å²) in [6.07, 6.45) is 1.45. The highest BCUT2D eigenvalue weighted by molar-refractivity contribution is 6.05. The number of pyridine rings is 1. The summed E-state index contributed by atoms with van der Waals surface area (Å²) < 4.78 is 0. The molecule has 0 spiro atoms. The molecule has 0 radical (unpaired) electrons. The number of rotatable bonds is 3. The first-order chi connectivity index (χ1) is 9.52. The second kappa shape index (κ2) is 5.71. The van der Waals surface area contributed by atoms with E-state index < -0.39 is 0 Å². The first-order valence-corrected chi connectivity index (χ1v) is 6.29. The van der Waals surface area contributed by atoms with Crippen LogP contribution in [0.2, 0.25) is 0 Å². The number of anilines is 1. The number of aromatic nitrogens is 1. The standard InChI is InChI=1S/C15H17N3O2/c1-10-7-14(19)13(9-17-10)15(20)18(2)12-5-3-11(8-16)4-6-12/h3-7,9H,8,16H2,1-2H3,(H,17,19). The topological polar surface area (TPSA) is 79.2 Å². The van der Waals surface area contributed by atoms with E-state index in [2.05, 4.69) is 4.98 Å². The fourth-order valence-electron chi connectivity index (χ4n) is 1.89. The molecule has 5 nitrogen and oxygen atoms in total. The maximum atomic E-state index is 12.3. The Balaban J connectivity index is 2.29. The molecule has 3 N–H and O–H groups in total. The van der Waals surface area contributed by atoms with Crippen molar-refractivity contribution in [3.8, 4) is 0 Å². The normalized spacial score (nSPS) is 10.3. The molecule has 0 saturated carbocycles. The van der Waals surface area contributed by atoms with Crippen molar-refractivity contribution in [2.24, 2.45) is 5.73 Å². The number of aromatic amines is 1. The number of hydrogen-bond acceptors (Lipinski definition) is 3. The molecule has 0 unspecified atom stereocenters. The summed E-state index contributed by atoms with van der Waals surface area (Å²) in [5.74, 6) is -0.341. The number of amides is 1. The van der Waals surface area contributed by atoms with E-state index in [1.165, 1.54) is 17.2 Å². The lowest BCUT2D eigenvalue weighted by Gasteiger charge is -2.17. The number of carbonyl (C=O) groups excluding carboxylic acids is 1. The van der Waals surface area contributed by atoms with Gasteiger partial charge in [-0.25, -0.2) is 0 Å². The monoisotopic (exact) mass is 271 g/mol. The highest BCUT2D eigenvalue weighted by Crippen LogP contribution is 2.15. The van der Waals surface area contributed by atoms with Gasteiger partial charge < -0.3 is 15.6 Å². The van der Waals surface area contributed by atoms with E-state index in [1.54, 1.807) is 14.0 Å². The largest absolute Gasteiger partial charge is 0.364 e. The van der Waals surface area contributed by atoms with Gasteiger partial charge in [-0.15, -0.1) is 0 Å². The summed E-state index contributed by atoms with van der Waals surface area (Å²) in [7, 11) is 1.64. The average Bonchev–Trinajstić information content (AvgIpc) is 2.46. The predicted octanol–water partition coefficient (Wildman–Crippen LogP) is 1.42. The van der Waals surface area contributed by atoms with Crippen LogP contribution in [0.3, 0.4) is 0 Å². The smallest absolute Gasteiger partial charge is 0.263 e. The van der Waals surface area contributed by atoms with Gasteiger partial charge in [0.05, 0.1) is 0 Å². The van der Waals surface area contributed by atoms with Crippen LogP contribution in [0, 0.1) is 6.92 Å². The molecule has 20 heavy (non-hydrogen) atoms. The predicted molar refractivity (Wildman–Crippen MR) is 78.9 cm³/mol. The molecule has 1 aromatic carbocycles. The lowest BCUT2D eigenvalue weighted by molar-refractivity contribution is 0.0991. The molecular formula is C15H17N3O2.